The highest BCUT2D eigenvalue weighted by Gasteiger charge is 2.09. The number of hydrogen-bond donors (Lipinski definition) is 0. The number of hydrogen-bond acceptors (Lipinski definition) is 4. The van der Waals surface area contributed by atoms with Crippen LogP contribution in [0, 0.1) is 0 Å². The Morgan fingerprint density at radius 2 is 1.59 bits per heavy atom. The van der Waals surface area contributed by atoms with E-state index in [1.54, 1.807) is 13.2 Å². The molecule has 0 aliphatic carbocycles. The van der Waals surface area contributed by atoms with E-state index in [1.807, 2.05) is 72.8 Å². The van der Waals surface area contributed by atoms with Crippen LogP contribution in [0.15, 0.2) is 88.1 Å². The van der Waals surface area contributed by atoms with Gasteiger partial charge in [0.05, 0.1) is 12.7 Å². The molecule has 0 amide bonds. The van der Waals surface area contributed by atoms with E-state index >= 15 is 0 Å². The predicted octanol–water partition coefficient (Wildman–Crippen LogP) is 5.05. The van der Waals surface area contributed by atoms with Crippen LogP contribution in [0.3, 0.4) is 0 Å². The minimum atomic E-state index is -0.382. The van der Waals surface area contributed by atoms with Gasteiger partial charge in [0.25, 0.3) is 0 Å². The summed E-state index contributed by atoms with van der Waals surface area (Å²) in [5, 5.41) is 0.840. The zero-order chi connectivity index (χ0) is 18.6. The topological polar surface area (TPSA) is 48.7 Å². The van der Waals surface area contributed by atoms with Crippen molar-refractivity contribution in [1.82, 2.24) is 0 Å². The summed E-state index contributed by atoms with van der Waals surface area (Å²) >= 11 is 0. The van der Waals surface area contributed by atoms with Crippen LogP contribution in [0.4, 0.5) is 0 Å². The molecule has 1 aromatic heterocycles. The van der Waals surface area contributed by atoms with Crippen molar-refractivity contribution < 1.29 is 13.9 Å². The quantitative estimate of drug-likeness (QED) is 0.469. The van der Waals surface area contributed by atoms with Gasteiger partial charge in [-0.1, -0.05) is 42.5 Å². The molecule has 3 aromatic carbocycles. The van der Waals surface area contributed by atoms with Gasteiger partial charge in [-0.25, -0.2) is 4.79 Å². The van der Waals surface area contributed by atoms with E-state index < -0.39 is 0 Å². The molecule has 0 N–H and O–H groups in total. The summed E-state index contributed by atoms with van der Waals surface area (Å²) < 4.78 is 16.5. The van der Waals surface area contributed by atoms with Crippen molar-refractivity contribution in [2.75, 3.05) is 7.11 Å². The first kappa shape index (κ1) is 16.9. The zero-order valence-corrected chi connectivity index (χ0v) is 14.8. The van der Waals surface area contributed by atoms with Gasteiger partial charge in [-0.15, -0.1) is 0 Å². The third-order valence-corrected chi connectivity index (χ3v) is 4.36. The maximum absolute atomic E-state index is 12.4. The Morgan fingerprint density at radius 1 is 0.852 bits per heavy atom. The summed E-state index contributed by atoms with van der Waals surface area (Å²) in [6, 6.07) is 24.6. The number of fused-ring (bicyclic) bond motifs is 1. The van der Waals surface area contributed by atoms with Crippen LogP contribution in [0.25, 0.3) is 22.1 Å². The third-order valence-electron chi connectivity index (χ3n) is 4.36. The molecule has 0 fully saturated rings. The summed E-state index contributed by atoms with van der Waals surface area (Å²) in [6.45, 7) is 0.459. The average molecular weight is 358 g/mol. The first-order valence-electron chi connectivity index (χ1n) is 8.62. The van der Waals surface area contributed by atoms with Crippen LogP contribution in [0.5, 0.6) is 11.5 Å². The Hall–Kier alpha value is -3.53. The molecule has 4 rings (SSSR count). The number of benzene rings is 3. The van der Waals surface area contributed by atoms with Gasteiger partial charge >= 0.3 is 5.63 Å². The molecule has 0 bridgehead atoms. The molecule has 0 saturated heterocycles. The molecule has 4 heteroatoms. The van der Waals surface area contributed by atoms with Crippen LogP contribution in [0.1, 0.15) is 5.56 Å². The van der Waals surface area contributed by atoms with E-state index in [2.05, 4.69) is 0 Å². The molecule has 0 saturated carbocycles. The SMILES string of the molecule is COc1ccc(-c2cc3ccc(OCc4ccccc4)cc3oc2=O)cc1. The molecule has 0 unspecified atom stereocenters. The summed E-state index contributed by atoms with van der Waals surface area (Å²) in [5.41, 5.74) is 2.50. The lowest BCUT2D eigenvalue weighted by Gasteiger charge is -2.08. The van der Waals surface area contributed by atoms with Gasteiger partial charge in [0, 0.05) is 11.5 Å². The number of rotatable bonds is 5. The Bertz CT molecular complexity index is 1110. The second-order valence-corrected chi connectivity index (χ2v) is 6.15. The molecule has 0 atom stereocenters. The monoisotopic (exact) mass is 358 g/mol. The van der Waals surface area contributed by atoms with E-state index in [0.717, 1.165) is 22.3 Å². The van der Waals surface area contributed by atoms with E-state index in [-0.39, 0.29) is 5.63 Å². The molecule has 4 nitrogen and oxygen atoms in total. The van der Waals surface area contributed by atoms with Crippen LogP contribution in [-0.4, -0.2) is 7.11 Å². The number of ether oxygens (including phenoxy) is 2. The molecular formula is C23H18O4. The molecule has 1 heterocycles. The molecule has 0 radical (unpaired) electrons. The largest absolute Gasteiger partial charge is 0.497 e. The smallest absolute Gasteiger partial charge is 0.344 e. The van der Waals surface area contributed by atoms with E-state index in [4.69, 9.17) is 13.9 Å². The summed E-state index contributed by atoms with van der Waals surface area (Å²) in [4.78, 5) is 12.4. The standard InChI is InChI=1S/C23H18O4/c1-25-19-10-7-17(8-11-19)21-13-18-9-12-20(14-22(18)27-23(21)24)26-15-16-5-3-2-4-6-16/h2-14H,15H2,1H3. The Balaban J connectivity index is 1.62. The maximum atomic E-state index is 12.4. The fourth-order valence-corrected chi connectivity index (χ4v) is 2.89. The highest BCUT2D eigenvalue weighted by molar-refractivity contribution is 5.82. The summed E-state index contributed by atoms with van der Waals surface area (Å²) in [6.07, 6.45) is 0. The predicted molar refractivity (Wildman–Crippen MR) is 105 cm³/mol. The normalized spacial score (nSPS) is 10.7. The fourth-order valence-electron chi connectivity index (χ4n) is 2.89. The van der Waals surface area contributed by atoms with Gasteiger partial charge in [0.15, 0.2) is 0 Å². The van der Waals surface area contributed by atoms with Crippen molar-refractivity contribution in [3.63, 3.8) is 0 Å². The van der Waals surface area contributed by atoms with E-state index in [0.29, 0.717) is 23.5 Å². The number of methoxy groups -OCH3 is 1. The first-order valence-corrected chi connectivity index (χ1v) is 8.62. The van der Waals surface area contributed by atoms with Gasteiger partial charge in [-0.2, -0.15) is 0 Å². The van der Waals surface area contributed by atoms with Crippen molar-refractivity contribution in [1.29, 1.82) is 0 Å². The third kappa shape index (κ3) is 3.70. The Labute approximate surface area is 156 Å². The minimum Gasteiger partial charge on any atom is -0.497 e. The molecular weight excluding hydrogens is 340 g/mol. The van der Waals surface area contributed by atoms with E-state index in [1.165, 1.54) is 0 Å². The molecule has 134 valence electrons. The molecule has 27 heavy (non-hydrogen) atoms. The fraction of sp³-hybridized carbons (Fsp3) is 0.0870. The maximum Gasteiger partial charge on any atom is 0.344 e. The lowest BCUT2D eigenvalue weighted by atomic mass is 10.1. The lowest BCUT2D eigenvalue weighted by Crippen LogP contribution is -2.03. The van der Waals surface area contributed by atoms with Crippen molar-refractivity contribution in [3.8, 4) is 22.6 Å². The Morgan fingerprint density at radius 3 is 2.33 bits per heavy atom. The minimum absolute atomic E-state index is 0.382. The molecule has 0 aliphatic rings. The van der Waals surface area contributed by atoms with Crippen molar-refractivity contribution in [3.05, 3.63) is 94.8 Å². The highest BCUT2D eigenvalue weighted by atomic mass is 16.5. The van der Waals surface area contributed by atoms with Crippen LogP contribution in [0.2, 0.25) is 0 Å². The van der Waals surface area contributed by atoms with Gasteiger partial charge in [0.2, 0.25) is 0 Å². The second kappa shape index (κ2) is 7.38. The lowest BCUT2D eigenvalue weighted by molar-refractivity contribution is 0.306. The molecule has 4 aromatic rings. The molecule has 0 spiro atoms. The van der Waals surface area contributed by atoms with Gasteiger partial charge in [-0.3, -0.25) is 0 Å². The average Bonchev–Trinajstić information content (AvgIpc) is 2.72. The summed E-state index contributed by atoms with van der Waals surface area (Å²) in [5.74, 6) is 1.40. The second-order valence-electron chi connectivity index (χ2n) is 6.15. The van der Waals surface area contributed by atoms with Gasteiger partial charge < -0.3 is 13.9 Å². The molecule has 0 aliphatic heterocycles. The van der Waals surface area contributed by atoms with Gasteiger partial charge in [0.1, 0.15) is 23.7 Å². The van der Waals surface area contributed by atoms with Crippen molar-refractivity contribution in [2.45, 2.75) is 6.61 Å². The van der Waals surface area contributed by atoms with Crippen LogP contribution in [-0.2, 0) is 6.61 Å². The summed E-state index contributed by atoms with van der Waals surface area (Å²) in [7, 11) is 1.61. The first-order chi connectivity index (χ1) is 13.2. The Kier molecular flexibility index (Phi) is 4.62. The zero-order valence-electron chi connectivity index (χ0n) is 14.8. The van der Waals surface area contributed by atoms with E-state index in [9.17, 15) is 4.79 Å². The van der Waals surface area contributed by atoms with Gasteiger partial charge in [-0.05, 0) is 41.5 Å². The highest BCUT2D eigenvalue weighted by Crippen LogP contribution is 2.26. The van der Waals surface area contributed by atoms with Crippen molar-refractivity contribution >= 4 is 11.0 Å². The van der Waals surface area contributed by atoms with Crippen LogP contribution >= 0.6 is 0 Å². The van der Waals surface area contributed by atoms with Crippen LogP contribution < -0.4 is 15.1 Å². The van der Waals surface area contributed by atoms with Crippen molar-refractivity contribution in [2.24, 2.45) is 0 Å².